The van der Waals surface area contributed by atoms with E-state index in [1.54, 1.807) is 18.3 Å². The molecular formula is C13H15N3O. The Morgan fingerprint density at radius 1 is 1.35 bits per heavy atom. The Hall–Kier alpha value is -1.81. The quantitative estimate of drug-likeness (QED) is 0.840. The second kappa shape index (κ2) is 3.60. The number of phenolic OH excluding ortho intramolecular Hbond substituents is 1. The zero-order valence-corrected chi connectivity index (χ0v) is 9.50. The number of benzene rings is 1. The van der Waals surface area contributed by atoms with Crippen molar-refractivity contribution in [1.82, 2.24) is 9.78 Å². The maximum atomic E-state index is 9.48. The third kappa shape index (κ3) is 2.03. The molecular weight excluding hydrogens is 214 g/mol. The molecule has 3 rings (SSSR count). The lowest BCUT2D eigenvalue weighted by Gasteiger charge is -2.11. The molecule has 0 bridgehead atoms. The van der Waals surface area contributed by atoms with Crippen LogP contribution in [-0.2, 0) is 6.42 Å². The van der Waals surface area contributed by atoms with E-state index in [4.69, 9.17) is 5.73 Å². The third-order valence-electron chi connectivity index (χ3n) is 3.22. The second-order valence-electron chi connectivity index (χ2n) is 4.79. The lowest BCUT2D eigenvalue weighted by Crippen LogP contribution is -2.25. The fourth-order valence-corrected chi connectivity index (χ4v) is 2.02. The van der Waals surface area contributed by atoms with Gasteiger partial charge in [0.1, 0.15) is 5.75 Å². The summed E-state index contributed by atoms with van der Waals surface area (Å²) in [7, 11) is 0. The van der Waals surface area contributed by atoms with E-state index in [-0.39, 0.29) is 11.3 Å². The number of rotatable bonds is 3. The van der Waals surface area contributed by atoms with Crippen LogP contribution < -0.4 is 5.73 Å². The van der Waals surface area contributed by atoms with Crippen LogP contribution in [-0.4, -0.2) is 20.4 Å². The van der Waals surface area contributed by atoms with Crippen LogP contribution in [0.1, 0.15) is 18.5 Å². The van der Waals surface area contributed by atoms with Crippen molar-refractivity contribution < 1.29 is 5.11 Å². The Labute approximate surface area is 99.7 Å². The minimum Gasteiger partial charge on any atom is -0.508 e. The van der Waals surface area contributed by atoms with Crippen molar-refractivity contribution in [3.05, 3.63) is 42.2 Å². The highest BCUT2D eigenvalue weighted by Crippen LogP contribution is 2.35. The van der Waals surface area contributed by atoms with Crippen LogP contribution in [0.2, 0.25) is 0 Å². The first-order chi connectivity index (χ1) is 8.16. The van der Waals surface area contributed by atoms with Crippen LogP contribution in [0.15, 0.2) is 36.5 Å². The molecule has 17 heavy (non-hydrogen) atoms. The summed E-state index contributed by atoms with van der Waals surface area (Å²) >= 11 is 0. The van der Waals surface area contributed by atoms with Crippen molar-refractivity contribution >= 4 is 0 Å². The second-order valence-corrected chi connectivity index (χ2v) is 4.79. The predicted molar refractivity (Wildman–Crippen MR) is 65.1 cm³/mol. The predicted octanol–water partition coefficient (Wildman–Crippen LogP) is 1.61. The van der Waals surface area contributed by atoms with E-state index in [0.29, 0.717) is 0 Å². The Bertz CT molecular complexity index is 543. The number of hydrogen-bond acceptors (Lipinski definition) is 3. The van der Waals surface area contributed by atoms with Crippen molar-refractivity contribution in [2.24, 2.45) is 5.73 Å². The molecule has 4 nitrogen and oxygen atoms in total. The Balaban J connectivity index is 1.95. The van der Waals surface area contributed by atoms with Crippen molar-refractivity contribution in [1.29, 1.82) is 0 Å². The Morgan fingerprint density at radius 2 is 2.18 bits per heavy atom. The molecule has 2 aromatic rings. The van der Waals surface area contributed by atoms with E-state index in [2.05, 4.69) is 5.10 Å². The van der Waals surface area contributed by atoms with Gasteiger partial charge in [-0.1, -0.05) is 6.07 Å². The zero-order valence-electron chi connectivity index (χ0n) is 9.50. The van der Waals surface area contributed by atoms with Gasteiger partial charge in [-0.15, -0.1) is 0 Å². The van der Waals surface area contributed by atoms with Gasteiger partial charge in [0.05, 0.1) is 5.69 Å². The molecule has 0 spiro atoms. The van der Waals surface area contributed by atoms with Crippen molar-refractivity contribution in [2.45, 2.75) is 24.8 Å². The summed E-state index contributed by atoms with van der Waals surface area (Å²) in [5, 5.41) is 13.8. The topological polar surface area (TPSA) is 64.1 Å². The van der Waals surface area contributed by atoms with Gasteiger partial charge >= 0.3 is 0 Å². The highest BCUT2D eigenvalue weighted by molar-refractivity contribution is 5.39. The number of phenols is 1. The first-order valence-corrected chi connectivity index (χ1v) is 5.78. The molecule has 1 saturated carbocycles. The lowest BCUT2D eigenvalue weighted by atomic mass is 10.1. The number of nitrogens with zero attached hydrogens (tertiary/aromatic N) is 2. The van der Waals surface area contributed by atoms with Crippen LogP contribution in [0.25, 0.3) is 5.69 Å². The average Bonchev–Trinajstić information content (AvgIpc) is 2.86. The molecule has 0 amide bonds. The van der Waals surface area contributed by atoms with E-state index in [1.807, 2.05) is 22.9 Å². The van der Waals surface area contributed by atoms with Crippen molar-refractivity contribution in [2.75, 3.05) is 0 Å². The number of aromatic hydroxyl groups is 1. The van der Waals surface area contributed by atoms with Gasteiger partial charge in [-0.05, 0) is 31.0 Å². The summed E-state index contributed by atoms with van der Waals surface area (Å²) in [5.41, 5.74) is 8.05. The van der Waals surface area contributed by atoms with Crippen molar-refractivity contribution in [3.8, 4) is 11.4 Å². The SMILES string of the molecule is NC1(Cc2ccnn2-c2cccc(O)c2)CC1. The van der Waals surface area contributed by atoms with Gasteiger partial charge in [0.15, 0.2) is 0 Å². The molecule has 1 fully saturated rings. The number of aromatic nitrogens is 2. The zero-order chi connectivity index (χ0) is 11.9. The van der Waals surface area contributed by atoms with E-state index in [0.717, 1.165) is 30.6 Å². The van der Waals surface area contributed by atoms with E-state index < -0.39 is 0 Å². The smallest absolute Gasteiger partial charge is 0.117 e. The van der Waals surface area contributed by atoms with Crippen LogP contribution in [0.3, 0.4) is 0 Å². The molecule has 1 aromatic heterocycles. The molecule has 0 saturated heterocycles. The normalized spacial score (nSPS) is 17.0. The third-order valence-corrected chi connectivity index (χ3v) is 3.22. The molecule has 1 aliphatic carbocycles. The molecule has 0 aliphatic heterocycles. The van der Waals surface area contributed by atoms with Crippen LogP contribution >= 0.6 is 0 Å². The fraction of sp³-hybridized carbons (Fsp3) is 0.308. The van der Waals surface area contributed by atoms with Crippen LogP contribution in [0, 0.1) is 0 Å². The largest absolute Gasteiger partial charge is 0.508 e. The first-order valence-electron chi connectivity index (χ1n) is 5.78. The molecule has 0 atom stereocenters. The van der Waals surface area contributed by atoms with Gasteiger partial charge in [0, 0.05) is 29.9 Å². The molecule has 1 aliphatic rings. The molecule has 1 aromatic carbocycles. The molecule has 4 heteroatoms. The maximum absolute atomic E-state index is 9.48. The molecule has 3 N–H and O–H groups in total. The van der Waals surface area contributed by atoms with Crippen LogP contribution in [0.4, 0.5) is 0 Å². The van der Waals surface area contributed by atoms with Gasteiger partial charge in [0.25, 0.3) is 0 Å². The van der Waals surface area contributed by atoms with Gasteiger partial charge in [-0.2, -0.15) is 5.10 Å². The van der Waals surface area contributed by atoms with E-state index in [9.17, 15) is 5.11 Å². The maximum Gasteiger partial charge on any atom is 0.117 e. The summed E-state index contributed by atoms with van der Waals surface area (Å²) in [6.45, 7) is 0. The summed E-state index contributed by atoms with van der Waals surface area (Å²) in [4.78, 5) is 0. The van der Waals surface area contributed by atoms with E-state index in [1.165, 1.54) is 0 Å². The lowest BCUT2D eigenvalue weighted by molar-refractivity contribution is 0.474. The number of hydrogen-bond donors (Lipinski definition) is 2. The molecule has 0 radical (unpaired) electrons. The highest BCUT2D eigenvalue weighted by Gasteiger charge is 2.38. The molecule has 88 valence electrons. The Morgan fingerprint density at radius 3 is 2.88 bits per heavy atom. The summed E-state index contributed by atoms with van der Waals surface area (Å²) in [5.74, 6) is 0.248. The van der Waals surface area contributed by atoms with Crippen molar-refractivity contribution in [3.63, 3.8) is 0 Å². The molecule has 0 unspecified atom stereocenters. The number of nitrogens with two attached hydrogens (primary N) is 1. The monoisotopic (exact) mass is 229 g/mol. The Kier molecular flexibility index (Phi) is 2.19. The van der Waals surface area contributed by atoms with Gasteiger partial charge < -0.3 is 10.8 Å². The summed E-state index contributed by atoms with van der Waals surface area (Å²) < 4.78 is 1.84. The molecule has 1 heterocycles. The fourth-order valence-electron chi connectivity index (χ4n) is 2.02. The van der Waals surface area contributed by atoms with Crippen LogP contribution in [0.5, 0.6) is 5.75 Å². The highest BCUT2D eigenvalue weighted by atomic mass is 16.3. The van der Waals surface area contributed by atoms with Gasteiger partial charge in [-0.3, -0.25) is 0 Å². The van der Waals surface area contributed by atoms with Gasteiger partial charge in [-0.25, -0.2) is 4.68 Å². The summed E-state index contributed by atoms with van der Waals surface area (Å²) in [6, 6.07) is 9.07. The first kappa shape index (κ1) is 10.4. The minimum absolute atomic E-state index is 0.0331. The summed E-state index contributed by atoms with van der Waals surface area (Å²) in [6.07, 6.45) is 4.77. The average molecular weight is 229 g/mol. The van der Waals surface area contributed by atoms with E-state index >= 15 is 0 Å². The van der Waals surface area contributed by atoms with Gasteiger partial charge in [0.2, 0.25) is 0 Å². The minimum atomic E-state index is -0.0331. The standard InChI is InChI=1S/C13H15N3O/c14-13(5-6-13)9-11-4-7-15-16(11)10-2-1-3-12(17)8-10/h1-4,7-8,17H,5-6,9,14H2.